The van der Waals surface area contributed by atoms with Crippen molar-refractivity contribution in [3.8, 4) is 11.4 Å². The van der Waals surface area contributed by atoms with E-state index < -0.39 is 6.10 Å². The highest BCUT2D eigenvalue weighted by molar-refractivity contribution is 9.10. The highest BCUT2D eigenvalue weighted by atomic mass is 79.9. The first-order valence-corrected chi connectivity index (χ1v) is 7.34. The van der Waals surface area contributed by atoms with E-state index in [1.807, 2.05) is 54.6 Å². The zero-order valence-electron chi connectivity index (χ0n) is 11.1. The average molecular weight is 345 g/mol. The Labute approximate surface area is 130 Å². The highest BCUT2D eigenvalue weighted by Gasteiger charge is 2.15. The van der Waals surface area contributed by atoms with E-state index in [1.165, 1.54) is 0 Å². The summed E-state index contributed by atoms with van der Waals surface area (Å²) < 4.78 is 6.13. The Kier molecular flexibility index (Phi) is 4.13. The lowest BCUT2D eigenvalue weighted by Gasteiger charge is -2.07. The molecule has 0 radical (unpaired) electrons. The minimum Gasteiger partial charge on any atom is -0.388 e. The van der Waals surface area contributed by atoms with Gasteiger partial charge in [-0.1, -0.05) is 63.6 Å². The van der Waals surface area contributed by atoms with Crippen molar-refractivity contribution < 1.29 is 9.63 Å². The largest absolute Gasteiger partial charge is 0.388 e. The van der Waals surface area contributed by atoms with Gasteiger partial charge in [-0.25, -0.2) is 0 Å². The molecule has 5 heteroatoms. The minimum absolute atomic E-state index is 0.293. The summed E-state index contributed by atoms with van der Waals surface area (Å²) in [4.78, 5) is 4.34. The van der Waals surface area contributed by atoms with E-state index in [4.69, 9.17) is 4.52 Å². The first-order valence-electron chi connectivity index (χ1n) is 6.54. The molecular weight excluding hydrogens is 332 g/mol. The number of aromatic nitrogens is 2. The smallest absolute Gasteiger partial charge is 0.229 e. The first-order chi connectivity index (χ1) is 10.2. The maximum absolute atomic E-state index is 10.2. The Morgan fingerprint density at radius 3 is 2.52 bits per heavy atom. The molecule has 4 nitrogen and oxygen atoms in total. The summed E-state index contributed by atoms with van der Waals surface area (Å²) in [7, 11) is 0. The molecule has 0 fully saturated rings. The molecule has 0 aliphatic rings. The van der Waals surface area contributed by atoms with Gasteiger partial charge < -0.3 is 9.63 Å². The van der Waals surface area contributed by atoms with E-state index in [2.05, 4.69) is 26.1 Å². The molecule has 1 N–H and O–H groups in total. The molecule has 0 bridgehead atoms. The van der Waals surface area contributed by atoms with Gasteiger partial charge in [0.05, 0.1) is 12.5 Å². The fraction of sp³-hybridized carbons (Fsp3) is 0.125. The fourth-order valence-electron chi connectivity index (χ4n) is 2.05. The number of nitrogens with zero attached hydrogens (tertiary/aromatic N) is 2. The van der Waals surface area contributed by atoms with Crippen molar-refractivity contribution in [3.05, 3.63) is 70.5 Å². The minimum atomic E-state index is -0.654. The number of hydrogen-bond donors (Lipinski definition) is 1. The molecule has 0 spiro atoms. The van der Waals surface area contributed by atoms with Crippen molar-refractivity contribution in [1.82, 2.24) is 10.1 Å². The predicted octanol–water partition coefficient (Wildman–Crippen LogP) is 3.78. The molecular formula is C16H13BrN2O2. The summed E-state index contributed by atoms with van der Waals surface area (Å²) >= 11 is 3.46. The van der Waals surface area contributed by atoms with E-state index in [9.17, 15) is 5.11 Å². The normalized spacial score (nSPS) is 12.3. The van der Waals surface area contributed by atoms with Gasteiger partial charge in [-0.3, -0.25) is 0 Å². The van der Waals surface area contributed by atoms with Crippen molar-refractivity contribution >= 4 is 15.9 Å². The van der Waals surface area contributed by atoms with Gasteiger partial charge in [0.15, 0.2) is 0 Å². The Balaban J connectivity index is 1.78. The summed E-state index contributed by atoms with van der Waals surface area (Å²) in [6, 6.07) is 17.1. The van der Waals surface area contributed by atoms with Crippen LogP contribution in [0.25, 0.3) is 11.4 Å². The van der Waals surface area contributed by atoms with Gasteiger partial charge in [-0.15, -0.1) is 0 Å². The molecule has 1 heterocycles. The summed E-state index contributed by atoms with van der Waals surface area (Å²) in [5.74, 6) is 0.926. The molecule has 106 valence electrons. The summed E-state index contributed by atoms with van der Waals surface area (Å²) in [6.45, 7) is 0. The molecule has 0 aliphatic carbocycles. The molecule has 2 aromatic carbocycles. The molecule has 1 unspecified atom stereocenters. The molecule has 0 amide bonds. The average Bonchev–Trinajstić information content (AvgIpc) is 2.97. The standard InChI is InChI=1S/C16H13BrN2O2/c17-13-9-5-4-8-12(13)16-18-15(21-19-16)10-14(20)11-6-2-1-3-7-11/h1-9,14,20H,10H2. The Morgan fingerprint density at radius 2 is 1.76 bits per heavy atom. The maximum Gasteiger partial charge on any atom is 0.229 e. The third-order valence-electron chi connectivity index (χ3n) is 3.14. The van der Waals surface area contributed by atoms with Crippen LogP contribution in [0.1, 0.15) is 17.6 Å². The number of aliphatic hydroxyl groups is 1. The molecule has 3 rings (SSSR count). The van der Waals surface area contributed by atoms with E-state index in [-0.39, 0.29) is 0 Å². The van der Waals surface area contributed by atoms with Crippen molar-refractivity contribution in [3.63, 3.8) is 0 Å². The lowest BCUT2D eigenvalue weighted by Crippen LogP contribution is -2.01. The van der Waals surface area contributed by atoms with Crippen molar-refractivity contribution in [2.24, 2.45) is 0 Å². The monoisotopic (exact) mass is 344 g/mol. The number of hydrogen-bond acceptors (Lipinski definition) is 4. The third-order valence-corrected chi connectivity index (χ3v) is 3.83. The Morgan fingerprint density at radius 1 is 1.05 bits per heavy atom. The number of aliphatic hydroxyl groups excluding tert-OH is 1. The van der Waals surface area contributed by atoms with Crippen LogP contribution in [0, 0.1) is 0 Å². The van der Waals surface area contributed by atoms with E-state index in [0.29, 0.717) is 18.1 Å². The first kappa shape index (κ1) is 14.0. The summed E-state index contributed by atoms with van der Waals surface area (Å²) in [6.07, 6.45) is -0.361. The SMILES string of the molecule is OC(Cc1nc(-c2ccccc2Br)no1)c1ccccc1. The van der Waals surface area contributed by atoms with Crippen LogP contribution in [0.2, 0.25) is 0 Å². The summed E-state index contributed by atoms with van der Waals surface area (Å²) in [5, 5.41) is 14.1. The molecule has 0 saturated heterocycles. The van der Waals surface area contributed by atoms with Crippen molar-refractivity contribution in [1.29, 1.82) is 0 Å². The Bertz CT molecular complexity index is 728. The maximum atomic E-state index is 10.2. The van der Waals surface area contributed by atoms with Gasteiger partial charge in [0, 0.05) is 10.0 Å². The second-order valence-electron chi connectivity index (χ2n) is 4.62. The van der Waals surface area contributed by atoms with Crippen LogP contribution in [-0.4, -0.2) is 15.2 Å². The zero-order chi connectivity index (χ0) is 14.7. The van der Waals surface area contributed by atoms with Crippen LogP contribution in [0.5, 0.6) is 0 Å². The van der Waals surface area contributed by atoms with Crippen LogP contribution in [-0.2, 0) is 6.42 Å². The van der Waals surface area contributed by atoms with Gasteiger partial charge in [-0.2, -0.15) is 4.98 Å². The van der Waals surface area contributed by atoms with E-state index in [0.717, 1.165) is 15.6 Å². The van der Waals surface area contributed by atoms with E-state index >= 15 is 0 Å². The second-order valence-corrected chi connectivity index (χ2v) is 5.48. The molecule has 0 saturated carbocycles. The van der Waals surface area contributed by atoms with Gasteiger partial charge in [0.1, 0.15) is 0 Å². The molecule has 21 heavy (non-hydrogen) atoms. The topological polar surface area (TPSA) is 59.2 Å². The van der Waals surface area contributed by atoms with Crippen LogP contribution in [0.4, 0.5) is 0 Å². The predicted molar refractivity (Wildman–Crippen MR) is 82.5 cm³/mol. The molecule has 0 aliphatic heterocycles. The van der Waals surface area contributed by atoms with Crippen molar-refractivity contribution in [2.45, 2.75) is 12.5 Å². The van der Waals surface area contributed by atoms with Crippen molar-refractivity contribution in [2.75, 3.05) is 0 Å². The lowest BCUT2D eigenvalue weighted by molar-refractivity contribution is 0.165. The third kappa shape index (κ3) is 3.20. The molecule has 3 aromatic rings. The second kappa shape index (κ2) is 6.20. The van der Waals surface area contributed by atoms with Gasteiger partial charge in [0.25, 0.3) is 0 Å². The van der Waals surface area contributed by atoms with Gasteiger partial charge >= 0.3 is 0 Å². The zero-order valence-corrected chi connectivity index (χ0v) is 12.7. The van der Waals surface area contributed by atoms with Gasteiger partial charge in [0.2, 0.25) is 11.7 Å². The number of rotatable bonds is 4. The van der Waals surface area contributed by atoms with E-state index in [1.54, 1.807) is 0 Å². The van der Waals surface area contributed by atoms with Crippen LogP contribution in [0.3, 0.4) is 0 Å². The molecule has 1 atom stereocenters. The fourth-order valence-corrected chi connectivity index (χ4v) is 2.51. The van der Waals surface area contributed by atoms with Crippen LogP contribution >= 0.6 is 15.9 Å². The van der Waals surface area contributed by atoms with Crippen LogP contribution < -0.4 is 0 Å². The number of benzene rings is 2. The summed E-state index contributed by atoms with van der Waals surface area (Å²) in [5.41, 5.74) is 1.69. The van der Waals surface area contributed by atoms with Gasteiger partial charge in [-0.05, 0) is 17.7 Å². The lowest BCUT2D eigenvalue weighted by atomic mass is 10.1. The number of halogens is 1. The Hall–Kier alpha value is -1.98. The molecule has 1 aromatic heterocycles. The van der Waals surface area contributed by atoms with Crippen LogP contribution in [0.15, 0.2) is 63.6 Å². The highest BCUT2D eigenvalue weighted by Crippen LogP contribution is 2.26. The quantitative estimate of drug-likeness (QED) is 0.782.